The Balaban J connectivity index is 0.000000396. The summed E-state index contributed by atoms with van der Waals surface area (Å²) in [7, 11) is 2.09. The molecule has 2 nitrogen and oxygen atoms in total. The molecule has 0 aromatic heterocycles. The van der Waals surface area contributed by atoms with E-state index < -0.39 is 0 Å². The lowest BCUT2D eigenvalue weighted by Gasteiger charge is -2.13. The molecule has 0 atom stereocenters. The monoisotopic (exact) mass is 178 g/mol. The number of fused-ring (bicyclic) bond motifs is 1. The van der Waals surface area contributed by atoms with Crippen LogP contribution in [-0.4, -0.2) is 13.6 Å². The normalized spacial score (nSPS) is 13.3. The summed E-state index contributed by atoms with van der Waals surface area (Å²) in [6, 6.07) is 6.13. The third-order valence-electron chi connectivity index (χ3n) is 2.25. The SMILES string of the molecule is CC.CN1CCc2cccc(N)c21. The van der Waals surface area contributed by atoms with Gasteiger partial charge in [0, 0.05) is 13.6 Å². The van der Waals surface area contributed by atoms with E-state index in [1.807, 2.05) is 26.0 Å². The molecule has 0 bridgehead atoms. The third kappa shape index (κ3) is 1.77. The summed E-state index contributed by atoms with van der Waals surface area (Å²) < 4.78 is 0. The van der Waals surface area contributed by atoms with Gasteiger partial charge in [0.1, 0.15) is 0 Å². The van der Waals surface area contributed by atoms with Gasteiger partial charge < -0.3 is 10.6 Å². The number of nitrogens with zero attached hydrogens (tertiary/aromatic N) is 1. The van der Waals surface area contributed by atoms with Crippen molar-refractivity contribution in [1.29, 1.82) is 0 Å². The Labute approximate surface area is 80.4 Å². The van der Waals surface area contributed by atoms with Crippen LogP contribution in [-0.2, 0) is 6.42 Å². The van der Waals surface area contributed by atoms with Crippen LogP contribution in [0.4, 0.5) is 11.4 Å². The van der Waals surface area contributed by atoms with Gasteiger partial charge in [0.15, 0.2) is 0 Å². The molecule has 2 N–H and O–H groups in total. The fraction of sp³-hybridized carbons (Fsp3) is 0.455. The van der Waals surface area contributed by atoms with Crippen LogP contribution in [0.1, 0.15) is 19.4 Å². The van der Waals surface area contributed by atoms with Crippen molar-refractivity contribution in [2.24, 2.45) is 0 Å². The highest BCUT2D eigenvalue weighted by Crippen LogP contribution is 2.31. The predicted octanol–water partition coefficient (Wildman–Crippen LogP) is 2.29. The summed E-state index contributed by atoms with van der Waals surface area (Å²) in [6.45, 7) is 5.10. The number of anilines is 2. The first kappa shape index (κ1) is 9.90. The summed E-state index contributed by atoms with van der Waals surface area (Å²) in [5.41, 5.74) is 9.34. The van der Waals surface area contributed by atoms with E-state index in [2.05, 4.69) is 18.0 Å². The molecule has 0 amide bonds. The molecule has 2 rings (SSSR count). The van der Waals surface area contributed by atoms with Crippen LogP contribution in [0.2, 0.25) is 0 Å². The van der Waals surface area contributed by atoms with E-state index in [1.54, 1.807) is 0 Å². The summed E-state index contributed by atoms with van der Waals surface area (Å²) in [5.74, 6) is 0. The number of likely N-dealkylation sites (N-methyl/N-ethyl adjacent to an activating group) is 1. The smallest absolute Gasteiger partial charge is 0.0630 e. The van der Waals surface area contributed by atoms with E-state index in [0.29, 0.717) is 0 Å². The number of nitrogen functional groups attached to an aromatic ring is 1. The van der Waals surface area contributed by atoms with Crippen LogP contribution >= 0.6 is 0 Å². The van der Waals surface area contributed by atoms with Gasteiger partial charge in [-0.1, -0.05) is 26.0 Å². The Morgan fingerprint density at radius 2 is 2.00 bits per heavy atom. The Morgan fingerprint density at radius 3 is 2.62 bits per heavy atom. The number of hydrogen-bond acceptors (Lipinski definition) is 2. The van der Waals surface area contributed by atoms with Gasteiger partial charge in [0.2, 0.25) is 0 Å². The molecule has 0 saturated heterocycles. The van der Waals surface area contributed by atoms with Crippen molar-refractivity contribution in [3.05, 3.63) is 23.8 Å². The summed E-state index contributed by atoms with van der Waals surface area (Å²) in [5, 5.41) is 0. The first-order valence-electron chi connectivity index (χ1n) is 4.87. The first-order valence-corrected chi connectivity index (χ1v) is 4.87. The Kier molecular flexibility index (Phi) is 3.18. The van der Waals surface area contributed by atoms with Crippen molar-refractivity contribution >= 4 is 11.4 Å². The van der Waals surface area contributed by atoms with Crippen LogP contribution in [0.25, 0.3) is 0 Å². The summed E-state index contributed by atoms with van der Waals surface area (Å²) in [4.78, 5) is 2.21. The Bertz CT molecular complexity index is 281. The second kappa shape index (κ2) is 4.17. The lowest BCUT2D eigenvalue weighted by atomic mass is 10.1. The van der Waals surface area contributed by atoms with Crippen molar-refractivity contribution in [2.45, 2.75) is 20.3 Å². The van der Waals surface area contributed by atoms with E-state index in [-0.39, 0.29) is 0 Å². The molecular weight excluding hydrogens is 160 g/mol. The molecule has 0 radical (unpaired) electrons. The standard InChI is InChI=1S/C9H12N2.C2H6/c1-11-6-5-7-3-2-4-8(10)9(7)11;1-2/h2-4H,5-6,10H2,1H3;1-2H3. The maximum Gasteiger partial charge on any atom is 0.0630 e. The summed E-state index contributed by atoms with van der Waals surface area (Å²) in [6.07, 6.45) is 1.14. The molecule has 13 heavy (non-hydrogen) atoms. The van der Waals surface area contributed by atoms with Gasteiger partial charge in [0.25, 0.3) is 0 Å². The topological polar surface area (TPSA) is 29.3 Å². The van der Waals surface area contributed by atoms with Crippen LogP contribution < -0.4 is 10.6 Å². The lowest BCUT2D eigenvalue weighted by molar-refractivity contribution is 0.956. The number of hydrogen-bond donors (Lipinski definition) is 1. The molecule has 2 heteroatoms. The molecule has 0 spiro atoms. The minimum Gasteiger partial charge on any atom is -0.397 e. The quantitative estimate of drug-likeness (QED) is 0.618. The van der Waals surface area contributed by atoms with E-state index in [4.69, 9.17) is 5.73 Å². The van der Waals surface area contributed by atoms with Gasteiger partial charge in [-0.05, 0) is 18.1 Å². The molecule has 0 fully saturated rings. The zero-order valence-electron chi connectivity index (χ0n) is 8.67. The van der Waals surface area contributed by atoms with E-state index >= 15 is 0 Å². The van der Waals surface area contributed by atoms with Crippen molar-refractivity contribution in [2.75, 3.05) is 24.2 Å². The highest BCUT2D eigenvalue weighted by molar-refractivity contribution is 5.73. The zero-order chi connectivity index (χ0) is 9.84. The van der Waals surface area contributed by atoms with Crippen molar-refractivity contribution < 1.29 is 0 Å². The molecule has 72 valence electrons. The molecule has 0 saturated carbocycles. The minimum atomic E-state index is 0.905. The van der Waals surface area contributed by atoms with Gasteiger partial charge in [-0.3, -0.25) is 0 Å². The van der Waals surface area contributed by atoms with E-state index in [9.17, 15) is 0 Å². The van der Waals surface area contributed by atoms with Crippen LogP contribution in [0.5, 0.6) is 0 Å². The highest BCUT2D eigenvalue weighted by Gasteiger charge is 2.16. The molecule has 1 heterocycles. The van der Waals surface area contributed by atoms with Gasteiger partial charge in [0.05, 0.1) is 11.4 Å². The highest BCUT2D eigenvalue weighted by atomic mass is 15.1. The fourth-order valence-electron chi connectivity index (χ4n) is 1.68. The van der Waals surface area contributed by atoms with Gasteiger partial charge in [-0.2, -0.15) is 0 Å². The molecule has 1 aromatic rings. The van der Waals surface area contributed by atoms with Crippen LogP contribution in [0.3, 0.4) is 0 Å². The Hall–Kier alpha value is -1.18. The second-order valence-electron chi connectivity index (χ2n) is 3.03. The minimum absolute atomic E-state index is 0.905. The maximum absolute atomic E-state index is 5.82. The van der Waals surface area contributed by atoms with Crippen molar-refractivity contribution in [3.63, 3.8) is 0 Å². The van der Waals surface area contributed by atoms with Gasteiger partial charge >= 0.3 is 0 Å². The molecule has 0 aliphatic carbocycles. The molecule has 1 aliphatic rings. The number of benzene rings is 1. The predicted molar refractivity (Wildman–Crippen MR) is 59.2 cm³/mol. The lowest BCUT2D eigenvalue weighted by Crippen LogP contribution is -2.13. The van der Waals surface area contributed by atoms with E-state index in [1.165, 1.54) is 11.3 Å². The van der Waals surface area contributed by atoms with Gasteiger partial charge in [-0.15, -0.1) is 0 Å². The second-order valence-corrected chi connectivity index (χ2v) is 3.03. The number of para-hydroxylation sites is 1. The number of rotatable bonds is 0. The van der Waals surface area contributed by atoms with Crippen molar-refractivity contribution in [3.8, 4) is 0 Å². The van der Waals surface area contributed by atoms with Crippen LogP contribution in [0.15, 0.2) is 18.2 Å². The van der Waals surface area contributed by atoms with E-state index in [0.717, 1.165) is 18.7 Å². The molecular formula is C11H18N2. The average Bonchev–Trinajstić information content (AvgIpc) is 2.53. The average molecular weight is 178 g/mol. The van der Waals surface area contributed by atoms with Crippen LogP contribution in [0, 0.1) is 0 Å². The third-order valence-corrected chi connectivity index (χ3v) is 2.25. The zero-order valence-corrected chi connectivity index (χ0v) is 8.67. The number of nitrogens with two attached hydrogens (primary N) is 1. The largest absolute Gasteiger partial charge is 0.397 e. The first-order chi connectivity index (χ1) is 6.29. The summed E-state index contributed by atoms with van der Waals surface area (Å²) >= 11 is 0. The molecule has 0 unspecified atom stereocenters. The maximum atomic E-state index is 5.82. The molecule has 1 aliphatic heterocycles. The van der Waals surface area contributed by atoms with Crippen molar-refractivity contribution in [1.82, 2.24) is 0 Å². The Morgan fingerprint density at radius 1 is 1.31 bits per heavy atom. The fourth-order valence-corrected chi connectivity index (χ4v) is 1.68. The molecule has 1 aromatic carbocycles. The van der Waals surface area contributed by atoms with Gasteiger partial charge in [-0.25, -0.2) is 0 Å².